The summed E-state index contributed by atoms with van der Waals surface area (Å²) >= 11 is 3.42. The number of halogens is 1. The number of hydrogen-bond donors (Lipinski definition) is 1. The van der Waals surface area contributed by atoms with E-state index in [0.717, 1.165) is 15.6 Å². The summed E-state index contributed by atoms with van der Waals surface area (Å²) in [6, 6.07) is 5.84. The number of ether oxygens (including phenoxy) is 1. The summed E-state index contributed by atoms with van der Waals surface area (Å²) in [7, 11) is 1.65. The molecule has 0 amide bonds. The highest BCUT2D eigenvalue weighted by Crippen LogP contribution is 2.25. The van der Waals surface area contributed by atoms with Gasteiger partial charge < -0.3 is 15.0 Å². The maximum absolute atomic E-state index is 5.44. The molecule has 0 unspecified atom stereocenters. The van der Waals surface area contributed by atoms with Gasteiger partial charge in [0, 0.05) is 17.1 Å². The summed E-state index contributed by atoms with van der Waals surface area (Å²) in [4.78, 5) is 4.20. The summed E-state index contributed by atoms with van der Waals surface area (Å²) < 4.78 is 11.1. The highest BCUT2D eigenvalue weighted by Gasteiger charge is 2.12. The SMILES string of the molecule is COCc1ccc(Br)cc1-c1noc(CN)n1. The molecule has 90 valence electrons. The molecule has 2 N–H and O–H groups in total. The van der Waals surface area contributed by atoms with Crippen LogP contribution >= 0.6 is 15.9 Å². The molecule has 1 aromatic carbocycles. The van der Waals surface area contributed by atoms with E-state index in [1.165, 1.54) is 0 Å². The van der Waals surface area contributed by atoms with Crippen LogP contribution in [0.1, 0.15) is 11.5 Å². The van der Waals surface area contributed by atoms with Crippen LogP contribution in [-0.2, 0) is 17.9 Å². The zero-order valence-electron chi connectivity index (χ0n) is 9.31. The van der Waals surface area contributed by atoms with Crippen LogP contribution in [0, 0.1) is 0 Å². The fraction of sp³-hybridized carbons (Fsp3) is 0.273. The molecular formula is C11H12BrN3O2. The Balaban J connectivity index is 2.44. The van der Waals surface area contributed by atoms with E-state index < -0.39 is 0 Å². The summed E-state index contributed by atoms with van der Waals surface area (Å²) in [6.07, 6.45) is 0. The molecule has 0 saturated carbocycles. The van der Waals surface area contributed by atoms with E-state index >= 15 is 0 Å². The maximum atomic E-state index is 5.44. The molecule has 6 heteroatoms. The van der Waals surface area contributed by atoms with Gasteiger partial charge in [0.1, 0.15) is 0 Å². The summed E-state index contributed by atoms with van der Waals surface area (Å²) in [5, 5.41) is 3.90. The van der Waals surface area contributed by atoms with Gasteiger partial charge in [0.05, 0.1) is 13.2 Å². The Hall–Kier alpha value is -1.24. The molecule has 17 heavy (non-hydrogen) atoms. The van der Waals surface area contributed by atoms with Crippen LogP contribution in [0.25, 0.3) is 11.4 Å². The Labute approximate surface area is 107 Å². The van der Waals surface area contributed by atoms with Gasteiger partial charge >= 0.3 is 0 Å². The Kier molecular flexibility index (Phi) is 3.88. The Morgan fingerprint density at radius 2 is 2.29 bits per heavy atom. The van der Waals surface area contributed by atoms with Crippen molar-refractivity contribution in [2.24, 2.45) is 5.73 Å². The van der Waals surface area contributed by atoms with Gasteiger partial charge in [-0.25, -0.2) is 0 Å². The quantitative estimate of drug-likeness (QED) is 0.935. The van der Waals surface area contributed by atoms with E-state index in [2.05, 4.69) is 26.1 Å². The van der Waals surface area contributed by atoms with Gasteiger partial charge in [0.2, 0.25) is 11.7 Å². The monoisotopic (exact) mass is 297 g/mol. The molecule has 0 radical (unpaired) electrons. The highest BCUT2D eigenvalue weighted by molar-refractivity contribution is 9.10. The second-order valence-electron chi connectivity index (χ2n) is 3.45. The lowest BCUT2D eigenvalue weighted by Crippen LogP contribution is -1.97. The first-order valence-corrected chi connectivity index (χ1v) is 5.84. The van der Waals surface area contributed by atoms with Gasteiger partial charge in [-0.05, 0) is 17.7 Å². The van der Waals surface area contributed by atoms with Gasteiger partial charge in [-0.1, -0.05) is 27.2 Å². The van der Waals surface area contributed by atoms with Crippen molar-refractivity contribution in [2.75, 3.05) is 7.11 Å². The summed E-state index contributed by atoms with van der Waals surface area (Å²) in [6.45, 7) is 0.732. The van der Waals surface area contributed by atoms with Crippen LogP contribution < -0.4 is 5.73 Å². The molecule has 0 spiro atoms. The predicted octanol–water partition coefficient (Wildman–Crippen LogP) is 2.10. The second-order valence-corrected chi connectivity index (χ2v) is 4.37. The molecule has 0 aliphatic rings. The van der Waals surface area contributed by atoms with Crippen molar-refractivity contribution in [3.05, 3.63) is 34.1 Å². The van der Waals surface area contributed by atoms with Crippen molar-refractivity contribution in [1.29, 1.82) is 0 Å². The Morgan fingerprint density at radius 1 is 1.47 bits per heavy atom. The fourth-order valence-corrected chi connectivity index (χ4v) is 1.85. The van der Waals surface area contributed by atoms with Crippen LogP contribution in [-0.4, -0.2) is 17.3 Å². The highest BCUT2D eigenvalue weighted by atomic mass is 79.9. The molecule has 0 bridgehead atoms. The topological polar surface area (TPSA) is 74.2 Å². The second kappa shape index (κ2) is 5.39. The number of rotatable bonds is 4. The number of benzene rings is 1. The average molecular weight is 298 g/mol. The van der Waals surface area contributed by atoms with E-state index in [9.17, 15) is 0 Å². The van der Waals surface area contributed by atoms with Crippen LogP contribution in [0.15, 0.2) is 27.2 Å². The van der Waals surface area contributed by atoms with Gasteiger partial charge in [-0.15, -0.1) is 0 Å². The minimum Gasteiger partial charge on any atom is -0.380 e. The molecule has 5 nitrogen and oxygen atoms in total. The standard InChI is InChI=1S/C11H12BrN3O2/c1-16-6-7-2-3-8(12)4-9(7)11-14-10(5-13)17-15-11/h2-4H,5-6,13H2,1H3. The largest absolute Gasteiger partial charge is 0.380 e. The smallest absolute Gasteiger partial charge is 0.240 e. The number of aromatic nitrogens is 2. The van der Waals surface area contributed by atoms with Crippen molar-refractivity contribution in [3.63, 3.8) is 0 Å². The molecule has 2 rings (SSSR count). The number of methoxy groups -OCH3 is 1. The Morgan fingerprint density at radius 3 is 2.94 bits per heavy atom. The van der Waals surface area contributed by atoms with Crippen molar-refractivity contribution < 1.29 is 9.26 Å². The number of nitrogens with two attached hydrogens (primary N) is 1. The molecule has 0 aliphatic heterocycles. The first kappa shape index (κ1) is 12.2. The molecule has 1 aromatic heterocycles. The normalized spacial score (nSPS) is 10.8. The number of hydrogen-bond acceptors (Lipinski definition) is 5. The minimum atomic E-state index is 0.237. The van der Waals surface area contributed by atoms with Gasteiger partial charge in [-0.2, -0.15) is 4.98 Å². The predicted molar refractivity (Wildman–Crippen MR) is 66.0 cm³/mol. The van der Waals surface area contributed by atoms with Gasteiger partial charge in [-0.3, -0.25) is 0 Å². The van der Waals surface area contributed by atoms with Gasteiger partial charge in [0.25, 0.3) is 0 Å². The summed E-state index contributed by atoms with van der Waals surface area (Å²) in [5.74, 6) is 0.946. The van der Waals surface area contributed by atoms with Crippen molar-refractivity contribution in [2.45, 2.75) is 13.2 Å². The van der Waals surface area contributed by atoms with Gasteiger partial charge in [0.15, 0.2) is 0 Å². The van der Waals surface area contributed by atoms with Crippen molar-refractivity contribution in [1.82, 2.24) is 10.1 Å². The van der Waals surface area contributed by atoms with Crippen LogP contribution in [0.5, 0.6) is 0 Å². The molecule has 0 fully saturated rings. The molecule has 0 atom stereocenters. The van der Waals surface area contributed by atoms with E-state index in [1.54, 1.807) is 7.11 Å². The van der Waals surface area contributed by atoms with Crippen LogP contribution in [0.4, 0.5) is 0 Å². The third kappa shape index (κ3) is 2.71. The van der Waals surface area contributed by atoms with E-state index in [1.807, 2.05) is 18.2 Å². The van der Waals surface area contributed by atoms with E-state index in [4.69, 9.17) is 15.0 Å². The van der Waals surface area contributed by atoms with Crippen molar-refractivity contribution in [3.8, 4) is 11.4 Å². The van der Waals surface area contributed by atoms with Crippen LogP contribution in [0.3, 0.4) is 0 Å². The molecule has 0 saturated heterocycles. The first-order valence-electron chi connectivity index (χ1n) is 5.05. The average Bonchev–Trinajstić information content (AvgIpc) is 2.80. The summed E-state index contributed by atoms with van der Waals surface area (Å²) in [5.41, 5.74) is 7.32. The van der Waals surface area contributed by atoms with Crippen molar-refractivity contribution >= 4 is 15.9 Å². The lowest BCUT2D eigenvalue weighted by Gasteiger charge is -2.05. The minimum absolute atomic E-state index is 0.237. The number of nitrogens with zero attached hydrogens (tertiary/aromatic N) is 2. The fourth-order valence-electron chi connectivity index (χ4n) is 1.49. The zero-order valence-corrected chi connectivity index (χ0v) is 10.9. The molecular weight excluding hydrogens is 286 g/mol. The molecule has 1 heterocycles. The third-order valence-electron chi connectivity index (χ3n) is 2.26. The zero-order chi connectivity index (χ0) is 12.3. The van der Waals surface area contributed by atoms with E-state index in [-0.39, 0.29) is 6.54 Å². The lowest BCUT2D eigenvalue weighted by molar-refractivity contribution is 0.185. The van der Waals surface area contributed by atoms with E-state index in [0.29, 0.717) is 18.3 Å². The van der Waals surface area contributed by atoms with Crippen LogP contribution in [0.2, 0.25) is 0 Å². The maximum Gasteiger partial charge on any atom is 0.240 e. The Bertz CT molecular complexity index is 513. The lowest BCUT2D eigenvalue weighted by atomic mass is 10.1. The molecule has 2 aromatic rings. The third-order valence-corrected chi connectivity index (χ3v) is 2.75. The first-order chi connectivity index (χ1) is 8.24. The molecule has 0 aliphatic carbocycles.